The lowest BCUT2D eigenvalue weighted by molar-refractivity contribution is 0.0926. The van der Waals surface area contributed by atoms with Gasteiger partial charge < -0.3 is 10.4 Å². The molecule has 0 spiro atoms. The predicted octanol–water partition coefficient (Wildman–Crippen LogP) is -0.0776. The van der Waals surface area contributed by atoms with Crippen LogP contribution in [0.3, 0.4) is 0 Å². The molecule has 0 radical (unpaired) electrons. The van der Waals surface area contributed by atoms with Gasteiger partial charge in [-0.25, -0.2) is 0 Å². The maximum Gasteiger partial charge on any atom is 0.269 e. The second-order valence-corrected chi connectivity index (χ2v) is 4.18. The van der Waals surface area contributed by atoms with Gasteiger partial charge in [0.2, 0.25) is 0 Å². The Kier molecular flexibility index (Phi) is 2.48. The van der Waals surface area contributed by atoms with E-state index in [1.54, 1.807) is 19.3 Å². The molecule has 2 rings (SSSR count). The molecule has 15 heavy (non-hydrogen) atoms. The molecule has 2 N–H and O–H groups in total. The molecule has 1 aliphatic rings. The maximum absolute atomic E-state index is 11.7. The van der Waals surface area contributed by atoms with Crippen molar-refractivity contribution in [2.45, 2.75) is 12.8 Å². The number of hydrogen-bond acceptors (Lipinski definition) is 3. The van der Waals surface area contributed by atoms with E-state index in [-0.39, 0.29) is 17.9 Å². The number of hydrogen-bond donors (Lipinski definition) is 2. The zero-order chi connectivity index (χ0) is 10.9. The fourth-order valence-electron chi connectivity index (χ4n) is 1.52. The van der Waals surface area contributed by atoms with Crippen LogP contribution in [0.2, 0.25) is 0 Å². The molecule has 0 atom stereocenters. The summed E-state index contributed by atoms with van der Waals surface area (Å²) in [5.74, 6) is -0.130. The number of nitrogens with one attached hydrogen (secondary N) is 1. The minimum absolute atomic E-state index is 0.0474. The van der Waals surface area contributed by atoms with Crippen LogP contribution >= 0.6 is 0 Å². The van der Waals surface area contributed by atoms with Crippen LogP contribution in [0.15, 0.2) is 12.3 Å². The number of rotatable bonds is 4. The second kappa shape index (κ2) is 3.66. The van der Waals surface area contributed by atoms with E-state index in [1.807, 2.05) is 0 Å². The van der Waals surface area contributed by atoms with Gasteiger partial charge >= 0.3 is 0 Å². The molecule has 1 aromatic heterocycles. The number of aliphatic hydroxyl groups is 1. The number of nitrogens with zero attached hydrogens (tertiary/aromatic N) is 2. The van der Waals surface area contributed by atoms with E-state index >= 15 is 0 Å². The second-order valence-electron chi connectivity index (χ2n) is 4.18. The van der Waals surface area contributed by atoms with Gasteiger partial charge in [-0.3, -0.25) is 9.48 Å². The molecule has 1 saturated carbocycles. The minimum atomic E-state index is -0.130. The molecule has 0 aromatic carbocycles. The highest BCUT2D eigenvalue weighted by Crippen LogP contribution is 2.44. The Hall–Kier alpha value is -1.36. The summed E-state index contributed by atoms with van der Waals surface area (Å²) in [5.41, 5.74) is 0.498. The van der Waals surface area contributed by atoms with Crippen molar-refractivity contribution < 1.29 is 9.90 Å². The molecule has 82 valence electrons. The average molecular weight is 209 g/mol. The molecule has 1 heterocycles. The highest BCUT2D eigenvalue weighted by molar-refractivity contribution is 5.92. The average Bonchev–Trinajstić information content (AvgIpc) is 2.91. The van der Waals surface area contributed by atoms with E-state index in [9.17, 15) is 4.79 Å². The largest absolute Gasteiger partial charge is 0.396 e. The summed E-state index contributed by atoms with van der Waals surface area (Å²) in [6.07, 6.45) is 3.58. The third-order valence-corrected chi connectivity index (χ3v) is 2.97. The first kappa shape index (κ1) is 10.2. The van der Waals surface area contributed by atoms with E-state index in [2.05, 4.69) is 10.4 Å². The monoisotopic (exact) mass is 209 g/mol. The number of carbonyl (C=O) groups excluding carboxylic acids is 1. The molecule has 0 aliphatic heterocycles. The quantitative estimate of drug-likeness (QED) is 0.729. The number of aliphatic hydroxyl groups excluding tert-OH is 1. The van der Waals surface area contributed by atoms with Gasteiger partial charge in [0, 0.05) is 25.2 Å². The van der Waals surface area contributed by atoms with Gasteiger partial charge in [-0.1, -0.05) is 0 Å². The fourth-order valence-corrected chi connectivity index (χ4v) is 1.52. The van der Waals surface area contributed by atoms with Crippen LogP contribution in [0.25, 0.3) is 0 Å². The van der Waals surface area contributed by atoms with Crippen molar-refractivity contribution in [2.24, 2.45) is 12.5 Å². The molecule has 1 aromatic rings. The Morgan fingerprint density at radius 2 is 2.47 bits per heavy atom. The number of carbonyl (C=O) groups is 1. The van der Waals surface area contributed by atoms with Crippen LogP contribution in [-0.4, -0.2) is 33.9 Å². The van der Waals surface area contributed by atoms with Crippen LogP contribution in [-0.2, 0) is 7.05 Å². The summed E-state index contributed by atoms with van der Waals surface area (Å²) in [5, 5.41) is 15.8. The number of aromatic nitrogens is 2. The van der Waals surface area contributed by atoms with Gasteiger partial charge in [-0.15, -0.1) is 0 Å². The molecule has 0 bridgehead atoms. The van der Waals surface area contributed by atoms with Crippen molar-refractivity contribution in [1.82, 2.24) is 15.1 Å². The lowest BCUT2D eigenvalue weighted by Gasteiger charge is -2.12. The van der Waals surface area contributed by atoms with Gasteiger partial charge in [0.15, 0.2) is 0 Å². The van der Waals surface area contributed by atoms with Gasteiger partial charge in [-0.2, -0.15) is 5.10 Å². The molecule has 1 aliphatic carbocycles. The minimum Gasteiger partial charge on any atom is -0.396 e. The first-order valence-corrected chi connectivity index (χ1v) is 5.04. The summed E-state index contributed by atoms with van der Waals surface area (Å²) in [4.78, 5) is 11.7. The van der Waals surface area contributed by atoms with Gasteiger partial charge in [0.05, 0.1) is 6.61 Å². The fraction of sp³-hybridized carbons (Fsp3) is 0.600. The van der Waals surface area contributed by atoms with Crippen molar-refractivity contribution in [2.75, 3.05) is 13.2 Å². The Balaban J connectivity index is 1.91. The summed E-state index contributed by atoms with van der Waals surface area (Å²) >= 11 is 0. The van der Waals surface area contributed by atoms with E-state index in [0.717, 1.165) is 12.8 Å². The third kappa shape index (κ3) is 2.02. The molecule has 5 heteroatoms. The predicted molar refractivity (Wildman–Crippen MR) is 54.3 cm³/mol. The summed E-state index contributed by atoms with van der Waals surface area (Å²) in [7, 11) is 1.73. The van der Waals surface area contributed by atoms with Crippen molar-refractivity contribution in [3.05, 3.63) is 18.0 Å². The van der Waals surface area contributed by atoms with Crippen molar-refractivity contribution in [3.8, 4) is 0 Å². The van der Waals surface area contributed by atoms with Gasteiger partial charge in [0.1, 0.15) is 5.69 Å². The number of aryl methyl sites for hydroxylation is 1. The van der Waals surface area contributed by atoms with Crippen molar-refractivity contribution >= 4 is 5.91 Å². The van der Waals surface area contributed by atoms with Crippen LogP contribution in [0, 0.1) is 5.41 Å². The molecular weight excluding hydrogens is 194 g/mol. The Bertz CT molecular complexity index is 368. The lowest BCUT2D eigenvalue weighted by atomic mass is 10.1. The van der Waals surface area contributed by atoms with Gasteiger partial charge in [-0.05, 0) is 18.9 Å². The maximum atomic E-state index is 11.7. The summed E-state index contributed by atoms with van der Waals surface area (Å²) < 4.78 is 1.54. The zero-order valence-electron chi connectivity index (χ0n) is 8.73. The van der Waals surface area contributed by atoms with E-state index < -0.39 is 0 Å². The number of amides is 1. The molecule has 1 fully saturated rings. The summed E-state index contributed by atoms with van der Waals surface area (Å²) in [6.45, 7) is 0.701. The van der Waals surface area contributed by atoms with Crippen LogP contribution in [0.5, 0.6) is 0 Å². The van der Waals surface area contributed by atoms with Crippen LogP contribution in [0.4, 0.5) is 0 Å². The first-order valence-electron chi connectivity index (χ1n) is 5.04. The Morgan fingerprint density at radius 1 is 1.73 bits per heavy atom. The topological polar surface area (TPSA) is 67.2 Å². The normalized spacial score (nSPS) is 17.5. The molecule has 1 amide bonds. The molecule has 0 unspecified atom stereocenters. The van der Waals surface area contributed by atoms with Crippen molar-refractivity contribution in [3.63, 3.8) is 0 Å². The highest BCUT2D eigenvalue weighted by atomic mass is 16.3. The smallest absolute Gasteiger partial charge is 0.269 e. The molecular formula is C10H15N3O2. The van der Waals surface area contributed by atoms with Crippen molar-refractivity contribution in [1.29, 1.82) is 0 Å². The first-order chi connectivity index (χ1) is 7.17. The molecule has 0 saturated heterocycles. The van der Waals surface area contributed by atoms with E-state index in [4.69, 9.17) is 5.11 Å². The van der Waals surface area contributed by atoms with Gasteiger partial charge in [0.25, 0.3) is 5.91 Å². The lowest BCUT2D eigenvalue weighted by Crippen LogP contribution is -2.32. The van der Waals surface area contributed by atoms with Crippen LogP contribution < -0.4 is 5.32 Å². The van der Waals surface area contributed by atoms with Crippen LogP contribution in [0.1, 0.15) is 23.3 Å². The molecule has 5 nitrogen and oxygen atoms in total. The van der Waals surface area contributed by atoms with E-state index in [1.165, 1.54) is 4.68 Å². The summed E-state index contributed by atoms with van der Waals surface area (Å²) in [6, 6.07) is 1.67. The Morgan fingerprint density at radius 3 is 2.93 bits per heavy atom. The third-order valence-electron chi connectivity index (χ3n) is 2.97. The SMILES string of the molecule is Cn1nccc1C(=O)NCC1(CO)CC1. The Labute approximate surface area is 88.1 Å². The zero-order valence-corrected chi connectivity index (χ0v) is 8.73. The standard InChI is InChI=1S/C10H15N3O2/c1-13-8(2-5-12-13)9(15)11-6-10(7-14)3-4-10/h2,5,14H,3-4,6-7H2,1H3,(H,11,15). The highest BCUT2D eigenvalue weighted by Gasteiger charge is 2.42. The van der Waals surface area contributed by atoms with E-state index in [0.29, 0.717) is 12.2 Å².